The van der Waals surface area contributed by atoms with E-state index in [2.05, 4.69) is 12.2 Å². The Morgan fingerprint density at radius 3 is 1.95 bits per heavy atom. The van der Waals surface area contributed by atoms with Gasteiger partial charge in [0.25, 0.3) is 5.91 Å². The molecule has 3 aromatic carbocycles. The maximum atomic E-state index is 13.2. The van der Waals surface area contributed by atoms with E-state index < -0.39 is 42.0 Å². The topological polar surface area (TPSA) is 84.9 Å². The van der Waals surface area contributed by atoms with E-state index in [1.165, 1.54) is 12.1 Å². The Morgan fingerprint density at radius 1 is 0.818 bits per heavy atom. The summed E-state index contributed by atoms with van der Waals surface area (Å²) in [4.78, 5) is 23.0. The monoisotopic (exact) mass is 625 g/mol. The molecule has 0 radical (unpaired) electrons. The molecule has 0 aliphatic heterocycles. The molecule has 3 rings (SSSR count). The maximum absolute atomic E-state index is 13.2. The Hall–Kier alpha value is -4.22. The number of ether oxygens (including phenoxy) is 2. The van der Waals surface area contributed by atoms with Gasteiger partial charge in [-0.2, -0.15) is 26.3 Å². The van der Waals surface area contributed by atoms with Gasteiger partial charge in [-0.05, 0) is 78.6 Å². The largest absolute Gasteiger partial charge is 0.489 e. The van der Waals surface area contributed by atoms with Crippen molar-refractivity contribution in [2.45, 2.75) is 70.5 Å². The summed E-state index contributed by atoms with van der Waals surface area (Å²) in [7, 11) is 0. The van der Waals surface area contributed by atoms with Crippen molar-refractivity contribution < 1.29 is 50.5 Å². The molecular weight excluding hydrogens is 592 g/mol. The zero-order valence-electron chi connectivity index (χ0n) is 23.9. The van der Waals surface area contributed by atoms with Crippen LogP contribution in [0.1, 0.15) is 84.2 Å². The van der Waals surface area contributed by atoms with Crippen LogP contribution < -0.4 is 14.8 Å². The van der Waals surface area contributed by atoms with Crippen molar-refractivity contribution in [1.29, 1.82) is 0 Å². The number of amides is 1. The Morgan fingerprint density at radius 2 is 1.41 bits per heavy atom. The summed E-state index contributed by atoms with van der Waals surface area (Å²) >= 11 is 0. The van der Waals surface area contributed by atoms with Gasteiger partial charge >= 0.3 is 18.3 Å². The van der Waals surface area contributed by atoms with Gasteiger partial charge in [-0.25, -0.2) is 0 Å². The lowest BCUT2D eigenvalue weighted by Crippen LogP contribution is -2.26. The SMILES string of the molecule is CCCCCCC(Oc1ccc(OCc2cc(C(F)(F)F)cc(C(F)(F)F)c2)cc1)c1ccc(C(=O)NCCC(=O)O)cc1. The van der Waals surface area contributed by atoms with Crippen LogP contribution in [0.15, 0.2) is 66.7 Å². The van der Waals surface area contributed by atoms with Crippen LogP contribution in [0.2, 0.25) is 0 Å². The van der Waals surface area contributed by atoms with Crippen LogP contribution in [0, 0.1) is 0 Å². The number of unbranched alkanes of at least 4 members (excludes halogenated alkanes) is 3. The van der Waals surface area contributed by atoms with Crippen LogP contribution >= 0.6 is 0 Å². The Balaban J connectivity index is 1.69. The molecule has 1 amide bonds. The highest BCUT2D eigenvalue weighted by Gasteiger charge is 2.37. The number of carboxylic acids is 1. The van der Waals surface area contributed by atoms with Gasteiger partial charge in [0.1, 0.15) is 24.2 Å². The second-order valence-corrected chi connectivity index (χ2v) is 10.2. The van der Waals surface area contributed by atoms with E-state index >= 15 is 0 Å². The van der Waals surface area contributed by atoms with Gasteiger partial charge in [-0.3, -0.25) is 9.59 Å². The van der Waals surface area contributed by atoms with Crippen molar-refractivity contribution in [3.05, 3.63) is 94.5 Å². The number of aliphatic carboxylic acids is 1. The average molecular weight is 626 g/mol. The predicted molar refractivity (Wildman–Crippen MR) is 150 cm³/mol. The van der Waals surface area contributed by atoms with Gasteiger partial charge in [0, 0.05) is 12.1 Å². The lowest BCUT2D eigenvalue weighted by Gasteiger charge is -2.20. The Kier molecular flexibility index (Phi) is 12.1. The second kappa shape index (κ2) is 15.5. The highest BCUT2D eigenvalue weighted by atomic mass is 19.4. The van der Waals surface area contributed by atoms with Crippen LogP contribution in [0.5, 0.6) is 11.5 Å². The number of alkyl halides is 6. The summed E-state index contributed by atoms with van der Waals surface area (Å²) in [5.74, 6) is -0.722. The number of hydrogen-bond donors (Lipinski definition) is 2. The molecule has 0 saturated heterocycles. The van der Waals surface area contributed by atoms with E-state index in [-0.39, 0.29) is 36.4 Å². The van der Waals surface area contributed by atoms with Crippen LogP contribution in [0.3, 0.4) is 0 Å². The van der Waals surface area contributed by atoms with E-state index in [0.29, 0.717) is 29.9 Å². The number of hydrogen-bond acceptors (Lipinski definition) is 4. The molecule has 0 spiro atoms. The Labute approximate surface area is 251 Å². The fraction of sp³-hybridized carbons (Fsp3) is 0.375. The summed E-state index contributed by atoms with van der Waals surface area (Å²) in [5, 5.41) is 11.3. The van der Waals surface area contributed by atoms with Crippen molar-refractivity contribution >= 4 is 11.9 Å². The third-order valence-corrected chi connectivity index (χ3v) is 6.64. The molecule has 3 aromatic rings. The molecule has 0 aromatic heterocycles. The van der Waals surface area contributed by atoms with Gasteiger partial charge in [0.2, 0.25) is 0 Å². The lowest BCUT2D eigenvalue weighted by molar-refractivity contribution is -0.143. The van der Waals surface area contributed by atoms with Crippen LogP contribution in [-0.2, 0) is 23.8 Å². The average Bonchev–Trinajstić information content (AvgIpc) is 2.97. The number of benzene rings is 3. The minimum absolute atomic E-state index is 0.00727. The van der Waals surface area contributed by atoms with Gasteiger partial charge < -0.3 is 19.9 Å². The molecule has 0 bridgehead atoms. The first kappa shape index (κ1) is 34.3. The van der Waals surface area contributed by atoms with Crippen LogP contribution in [-0.4, -0.2) is 23.5 Å². The van der Waals surface area contributed by atoms with Crippen molar-refractivity contribution in [1.82, 2.24) is 5.32 Å². The fourth-order valence-corrected chi connectivity index (χ4v) is 4.33. The lowest BCUT2D eigenvalue weighted by atomic mass is 10.0. The molecule has 1 atom stereocenters. The minimum atomic E-state index is -4.95. The molecule has 0 aliphatic rings. The van der Waals surface area contributed by atoms with E-state index in [4.69, 9.17) is 14.6 Å². The highest BCUT2D eigenvalue weighted by molar-refractivity contribution is 5.94. The van der Waals surface area contributed by atoms with Crippen LogP contribution in [0.25, 0.3) is 0 Å². The molecule has 44 heavy (non-hydrogen) atoms. The zero-order valence-corrected chi connectivity index (χ0v) is 23.9. The molecule has 12 heteroatoms. The summed E-state index contributed by atoms with van der Waals surface area (Å²) in [5.41, 5.74) is -1.92. The third kappa shape index (κ3) is 10.8. The number of carbonyl (C=O) groups excluding carboxylic acids is 1. The first-order valence-corrected chi connectivity index (χ1v) is 14.0. The van der Waals surface area contributed by atoms with E-state index in [9.17, 15) is 35.9 Å². The fourth-order valence-electron chi connectivity index (χ4n) is 4.33. The molecule has 2 N–H and O–H groups in total. The highest BCUT2D eigenvalue weighted by Crippen LogP contribution is 2.37. The third-order valence-electron chi connectivity index (χ3n) is 6.64. The zero-order chi connectivity index (χ0) is 32.3. The number of rotatable bonds is 15. The van der Waals surface area contributed by atoms with E-state index in [0.717, 1.165) is 31.2 Å². The van der Waals surface area contributed by atoms with Crippen molar-refractivity contribution in [3.63, 3.8) is 0 Å². The molecule has 0 saturated carbocycles. The first-order chi connectivity index (χ1) is 20.8. The first-order valence-electron chi connectivity index (χ1n) is 14.0. The summed E-state index contributed by atoms with van der Waals surface area (Å²) in [6, 6.07) is 14.3. The second-order valence-electron chi connectivity index (χ2n) is 10.2. The predicted octanol–water partition coefficient (Wildman–Crippen LogP) is 8.60. The van der Waals surface area contributed by atoms with Gasteiger partial charge in [-0.1, -0.05) is 38.3 Å². The van der Waals surface area contributed by atoms with Crippen molar-refractivity contribution in [2.24, 2.45) is 0 Å². The quantitative estimate of drug-likeness (QED) is 0.131. The number of carbonyl (C=O) groups is 2. The number of halogens is 6. The van der Waals surface area contributed by atoms with E-state index in [1.54, 1.807) is 36.4 Å². The normalized spacial score (nSPS) is 12.4. The minimum Gasteiger partial charge on any atom is -0.489 e. The van der Waals surface area contributed by atoms with Gasteiger partial charge in [-0.15, -0.1) is 0 Å². The van der Waals surface area contributed by atoms with Crippen molar-refractivity contribution in [3.8, 4) is 11.5 Å². The molecule has 0 heterocycles. The molecular formula is C32H33F6NO5. The summed E-state index contributed by atoms with van der Waals surface area (Å²) in [6.45, 7) is 1.59. The molecule has 1 unspecified atom stereocenters. The maximum Gasteiger partial charge on any atom is 0.416 e. The molecule has 6 nitrogen and oxygen atoms in total. The van der Waals surface area contributed by atoms with E-state index in [1.807, 2.05) is 0 Å². The van der Waals surface area contributed by atoms with Gasteiger partial charge in [0.05, 0.1) is 17.5 Å². The summed E-state index contributed by atoms with van der Waals surface area (Å²) < 4.78 is 90.6. The number of nitrogens with one attached hydrogen (secondary N) is 1. The van der Waals surface area contributed by atoms with Crippen LogP contribution in [0.4, 0.5) is 26.3 Å². The molecule has 0 fully saturated rings. The number of carboxylic acid groups (broad SMARTS) is 1. The molecule has 238 valence electrons. The molecule has 0 aliphatic carbocycles. The summed E-state index contributed by atoms with van der Waals surface area (Å²) in [6.07, 6.45) is -5.78. The van der Waals surface area contributed by atoms with Crippen molar-refractivity contribution in [2.75, 3.05) is 6.54 Å². The Bertz CT molecular complexity index is 1340. The van der Waals surface area contributed by atoms with Gasteiger partial charge in [0.15, 0.2) is 0 Å². The smallest absolute Gasteiger partial charge is 0.416 e. The standard InChI is InChI=1S/C32H33F6NO5/c1-2-3-4-5-6-28(22-7-9-23(10-8-22)30(42)39-16-15-29(40)41)44-27-13-11-26(12-14-27)43-20-21-17-24(31(33,34)35)19-25(18-21)32(36,37)38/h7-14,17-19,28H,2-6,15-16,20H2,1H3,(H,39,42)(H,40,41).